The Hall–Kier alpha value is -3.74. The predicted molar refractivity (Wildman–Crippen MR) is 156 cm³/mol. The molecular weight excluding hydrogens is 508 g/mol. The van der Waals surface area contributed by atoms with Crippen LogP contribution >= 0.6 is 11.6 Å². The first-order chi connectivity index (χ1) is 18.9. The molecule has 4 aromatic rings. The lowest BCUT2D eigenvalue weighted by atomic mass is 9.92. The van der Waals surface area contributed by atoms with E-state index in [9.17, 15) is 9.59 Å². The quantitative estimate of drug-likeness (QED) is 0.260. The summed E-state index contributed by atoms with van der Waals surface area (Å²) in [7, 11) is 0. The molecule has 0 aliphatic carbocycles. The standard InChI is InChI=1S/C32H33ClN4O2/c1-21(2)29(36(18-8-17-34)31(38)23-13-15-25(33)16-14-23)28-27(19-22-9-4-3-5-10-22)32(39)37-20-24-11-6-7-12-26(24)30(37)35-28/h3-7,9-16,21,29H,8,17-20,34H2,1-2H3. The van der Waals surface area contributed by atoms with Crippen molar-refractivity contribution in [1.29, 1.82) is 0 Å². The molecule has 0 saturated heterocycles. The number of rotatable bonds is 9. The summed E-state index contributed by atoms with van der Waals surface area (Å²) in [6.07, 6.45) is 1.06. The van der Waals surface area contributed by atoms with Gasteiger partial charge in [0.15, 0.2) is 0 Å². The Morgan fingerprint density at radius 3 is 2.41 bits per heavy atom. The van der Waals surface area contributed by atoms with Gasteiger partial charge in [-0.1, -0.05) is 80.0 Å². The number of fused-ring (bicyclic) bond motifs is 3. The molecule has 0 saturated carbocycles. The van der Waals surface area contributed by atoms with E-state index < -0.39 is 6.04 Å². The van der Waals surface area contributed by atoms with Gasteiger partial charge in [-0.05, 0) is 54.3 Å². The Labute approximate surface area is 234 Å². The maximum Gasteiger partial charge on any atom is 0.257 e. The summed E-state index contributed by atoms with van der Waals surface area (Å²) in [5.41, 5.74) is 10.7. The minimum atomic E-state index is -0.426. The summed E-state index contributed by atoms with van der Waals surface area (Å²) in [5, 5.41) is 0.567. The minimum Gasteiger partial charge on any atom is -0.330 e. The molecule has 7 heteroatoms. The van der Waals surface area contributed by atoms with Crippen LogP contribution < -0.4 is 11.3 Å². The Balaban J connectivity index is 1.70. The van der Waals surface area contributed by atoms with Crippen molar-refractivity contribution in [2.45, 2.75) is 39.3 Å². The zero-order valence-corrected chi connectivity index (χ0v) is 23.1. The summed E-state index contributed by atoms with van der Waals surface area (Å²) in [6.45, 7) is 5.53. The third kappa shape index (κ3) is 5.40. The van der Waals surface area contributed by atoms with Crippen LogP contribution in [0.5, 0.6) is 0 Å². The lowest BCUT2D eigenvalue weighted by Gasteiger charge is -2.35. The zero-order chi connectivity index (χ0) is 27.5. The van der Waals surface area contributed by atoms with Crippen molar-refractivity contribution in [3.8, 4) is 11.4 Å². The molecule has 0 fully saturated rings. The molecule has 1 aromatic heterocycles. The van der Waals surface area contributed by atoms with E-state index in [-0.39, 0.29) is 17.4 Å². The van der Waals surface area contributed by atoms with Crippen molar-refractivity contribution in [1.82, 2.24) is 14.5 Å². The van der Waals surface area contributed by atoms with Crippen molar-refractivity contribution >= 4 is 17.5 Å². The zero-order valence-electron chi connectivity index (χ0n) is 22.3. The number of hydrogen-bond acceptors (Lipinski definition) is 4. The maximum absolute atomic E-state index is 14.2. The number of halogens is 1. The van der Waals surface area contributed by atoms with Gasteiger partial charge in [0, 0.05) is 34.7 Å². The normalized spacial score (nSPS) is 12.7. The summed E-state index contributed by atoms with van der Waals surface area (Å²) in [4.78, 5) is 35.2. The summed E-state index contributed by atoms with van der Waals surface area (Å²) in [5.74, 6) is 0.512. The molecule has 5 rings (SSSR count). The summed E-state index contributed by atoms with van der Waals surface area (Å²) >= 11 is 6.11. The van der Waals surface area contributed by atoms with Gasteiger partial charge in [-0.3, -0.25) is 14.2 Å². The topological polar surface area (TPSA) is 81.2 Å². The van der Waals surface area contributed by atoms with Crippen LogP contribution in [0.4, 0.5) is 0 Å². The van der Waals surface area contributed by atoms with E-state index in [1.165, 1.54) is 0 Å². The largest absolute Gasteiger partial charge is 0.330 e. The van der Waals surface area contributed by atoms with E-state index in [1.807, 2.05) is 59.5 Å². The molecule has 0 spiro atoms. The predicted octanol–water partition coefficient (Wildman–Crippen LogP) is 5.70. The van der Waals surface area contributed by atoms with Crippen LogP contribution in [-0.4, -0.2) is 33.4 Å². The van der Waals surface area contributed by atoms with Gasteiger partial charge in [-0.15, -0.1) is 0 Å². The van der Waals surface area contributed by atoms with Crippen molar-refractivity contribution in [2.75, 3.05) is 13.1 Å². The van der Waals surface area contributed by atoms with E-state index in [1.54, 1.807) is 28.8 Å². The van der Waals surface area contributed by atoms with Crippen molar-refractivity contribution < 1.29 is 4.79 Å². The Morgan fingerprint density at radius 2 is 1.72 bits per heavy atom. The lowest BCUT2D eigenvalue weighted by Crippen LogP contribution is -2.41. The number of carbonyl (C=O) groups excluding carboxylic acids is 1. The first kappa shape index (κ1) is 26.9. The third-order valence-electron chi connectivity index (χ3n) is 7.31. The molecule has 1 atom stereocenters. The molecule has 2 heterocycles. The molecule has 0 bridgehead atoms. The number of amides is 1. The van der Waals surface area contributed by atoms with Gasteiger partial charge >= 0.3 is 0 Å². The molecule has 1 aliphatic heterocycles. The average molecular weight is 541 g/mol. The van der Waals surface area contributed by atoms with Gasteiger partial charge in [-0.25, -0.2) is 4.98 Å². The Bertz CT molecular complexity index is 1530. The molecule has 200 valence electrons. The third-order valence-corrected chi connectivity index (χ3v) is 7.56. The van der Waals surface area contributed by atoms with E-state index in [0.717, 1.165) is 16.7 Å². The molecular formula is C32H33ClN4O2. The Morgan fingerprint density at radius 1 is 1.03 bits per heavy atom. The highest BCUT2D eigenvalue weighted by Gasteiger charge is 2.34. The molecule has 1 amide bonds. The Kier molecular flexibility index (Phi) is 7.96. The van der Waals surface area contributed by atoms with Crippen LogP contribution in [0, 0.1) is 5.92 Å². The smallest absolute Gasteiger partial charge is 0.257 e. The van der Waals surface area contributed by atoms with Crippen LogP contribution in [0.1, 0.15) is 59.1 Å². The highest BCUT2D eigenvalue weighted by Crippen LogP contribution is 2.35. The van der Waals surface area contributed by atoms with Crippen LogP contribution in [0.25, 0.3) is 11.4 Å². The number of nitrogens with two attached hydrogens (primary N) is 1. The molecule has 39 heavy (non-hydrogen) atoms. The van der Waals surface area contributed by atoms with E-state index in [2.05, 4.69) is 13.8 Å². The van der Waals surface area contributed by atoms with Gasteiger partial charge in [-0.2, -0.15) is 0 Å². The van der Waals surface area contributed by atoms with Gasteiger partial charge < -0.3 is 10.6 Å². The van der Waals surface area contributed by atoms with Gasteiger partial charge in [0.1, 0.15) is 5.82 Å². The van der Waals surface area contributed by atoms with Crippen molar-refractivity contribution in [3.05, 3.63) is 122 Å². The maximum atomic E-state index is 14.2. The first-order valence-electron chi connectivity index (χ1n) is 13.4. The number of nitrogens with zero attached hydrogens (tertiary/aromatic N) is 3. The van der Waals surface area contributed by atoms with E-state index in [4.69, 9.17) is 22.3 Å². The van der Waals surface area contributed by atoms with Crippen LogP contribution in [-0.2, 0) is 13.0 Å². The second-order valence-corrected chi connectivity index (χ2v) is 10.8. The average Bonchev–Trinajstić information content (AvgIpc) is 3.32. The molecule has 3 aromatic carbocycles. The fourth-order valence-electron chi connectivity index (χ4n) is 5.43. The highest BCUT2D eigenvalue weighted by atomic mass is 35.5. The summed E-state index contributed by atoms with van der Waals surface area (Å²) < 4.78 is 1.77. The van der Waals surface area contributed by atoms with E-state index >= 15 is 0 Å². The first-order valence-corrected chi connectivity index (χ1v) is 13.8. The SMILES string of the molecule is CC(C)C(c1nc2n(c(=O)c1Cc1ccccc1)Cc1ccccc1-2)N(CCCN)C(=O)c1ccc(Cl)cc1. The van der Waals surface area contributed by atoms with Gasteiger partial charge in [0.2, 0.25) is 0 Å². The minimum absolute atomic E-state index is 0.0138. The van der Waals surface area contributed by atoms with Gasteiger partial charge in [0.05, 0.1) is 18.3 Å². The fraction of sp³-hybridized carbons (Fsp3) is 0.281. The summed E-state index contributed by atoms with van der Waals surface area (Å²) in [6, 6.07) is 24.4. The van der Waals surface area contributed by atoms with Crippen molar-refractivity contribution in [2.24, 2.45) is 11.7 Å². The van der Waals surface area contributed by atoms with Crippen LogP contribution in [0.15, 0.2) is 83.7 Å². The number of benzene rings is 3. The second kappa shape index (κ2) is 11.6. The second-order valence-electron chi connectivity index (χ2n) is 10.3. The van der Waals surface area contributed by atoms with Crippen molar-refractivity contribution in [3.63, 3.8) is 0 Å². The number of hydrogen-bond donors (Lipinski definition) is 1. The fourth-order valence-corrected chi connectivity index (χ4v) is 5.56. The lowest BCUT2D eigenvalue weighted by molar-refractivity contribution is 0.0614. The molecule has 1 unspecified atom stereocenters. The van der Waals surface area contributed by atoms with E-state index in [0.29, 0.717) is 60.1 Å². The monoisotopic (exact) mass is 540 g/mol. The van der Waals surface area contributed by atoms with Gasteiger partial charge in [0.25, 0.3) is 11.5 Å². The number of aromatic nitrogens is 2. The molecule has 1 aliphatic rings. The highest BCUT2D eigenvalue weighted by molar-refractivity contribution is 6.30. The molecule has 2 N–H and O–H groups in total. The van der Waals surface area contributed by atoms with Crippen LogP contribution in [0.2, 0.25) is 5.02 Å². The molecule has 6 nitrogen and oxygen atoms in total. The van der Waals surface area contributed by atoms with Crippen LogP contribution in [0.3, 0.4) is 0 Å². The molecule has 0 radical (unpaired) electrons. The number of carbonyl (C=O) groups is 1.